The van der Waals surface area contributed by atoms with E-state index in [1.807, 2.05) is 19.2 Å². The van der Waals surface area contributed by atoms with Gasteiger partial charge in [0.05, 0.1) is 17.2 Å². The van der Waals surface area contributed by atoms with Crippen molar-refractivity contribution in [2.24, 2.45) is 4.99 Å². The zero-order valence-electron chi connectivity index (χ0n) is 13.5. The third kappa shape index (κ3) is 2.45. The van der Waals surface area contributed by atoms with Crippen molar-refractivity contribution >= 4 is 39.4 Å². The van der Waals surface area contributed by atoms with E-state index in [1.165, 1.54) is 11.1 Å². The Hall–Kier alpha value is -1.16. The molecule has 0 bridgehead atoms. The summed E-state index contributed by atoms with van der Waals surface area (Å²) in [5, 5.41) is 0.728. The van der Waals surface area contributed by atoms with E-state index in [-0.39, 0.29) is 11.5 Å². The third-order valence-corrected chi connectivity index (χ3v) is 6.18. The Balaban J connectivity index is 1.90. The van der Waals surface area contributed by atoms with Gasteiger partial charge in [0.1, 0.15) is 0 Å². The highest BCUT2D eigenvalue weighted by molar-refractivity contribution is 9.10. The van der Waals surface area contributed by atoms with Gasteiger partial charge in [0, 0.05) is 28.7 Å². The summed E-state index contributed by atoms with van der Waals surface area (Å²) in [5.74, 6) is 0.347. The molecule has 1 saturated carbocycles. The summed E-state index contributed by atoms with van der Waals surface area (Å²) in [5.41, 5.74) is 3.34. The monoisotopic (exact) mass is 403 g/mol. The van der Waals surface area contributed by atoms with Crippen LogP contribution in [0.1, 0.15) is 36.3 Å². The van der Waals surface area contributed by atoms with Gasteiger partial charge in [-0.25, -0.2) is 0 Å². The second-order valence-corrected chi connectivity index (χ2v) is 7.97. The van der Waals surface area contributed by atoms with Gasteiger partial charge in [-0.1, -0.05) is 52.2 Å². The van der Waals surface area contributed by atoms with E-state index in [4.69, 9.17) is 21.3 Å². The number of hydrogen-bond acceptors (Lipinski definition) is 2. The maximum absolute atomic E-state index is 6.18. The molecular weight excluding hydrogens is 386 g/mol. The molecule has 2 aromatic carbocycles. The molecule has 1 spiro atoms. The van der Waals surface area contributed by atoms with Gasteiger partial charge in [-0.05, 0) is 48.2 Å². The summed E-state index contributed by atoms with van der Waals surface area (Å²) in [6.07, 6.45) is 5.59. The molecule has 1 aliphatic heterocycles. The Morgan fingerprint density at radius 3 is 2.88 bits per heavy atom. The summed E-state index contributed by atoms with van der Waals surface area (Å²) >= 11 is 9.80. The van der Waals surface area contributed by atoms with Crippen LogP contribution in [0, 0.1) is 0 Å². The second-order valence-electron chi connectivity index (χ2n) is 6.62. The molecule has 0 amide bonds. The van der Waals surface area contributed by atoms with Crippen LogP contribution in [0.4, 0.5) is 5.69 Å². The zero-order chi connectivity index (χ0) is 16.7. The molecule has 1 fully saturated rings. The summed E-state index contributed by atoms with van der Waals surface area (Å²) in [4.78, 5) is 4.73. The fraction of sp³-hybridized carbons (Fsp3) is 0.350. The molecule has 0 aromatic heterocycles. The Bertz CT molecular complexity index is 806. The number of fused-ring (bicyclic) bond motifs is 2. The maximum atomic E-state index is 6.18. The van der Waals surface area contributed by atoms with Gasteiger partial charge >= 0.3 is 0 Å². The lowest BCUT2D eigenvalue weighted by molar-refractivity contribution is 0.0230. The van der Waals surface area contributed by atoms with Gasteiger partial charge < -0.3 is 4.74 Å². The highest BCUT2D eigenvalue weighted by Gasteiger charge is 2.52. The zero-order valence-corrected chi connectivity index (χ0v) is 15.8. The summed E-state index contributed by atoms with van der Waals surface area (Å²) in [7, 11) is 1.82. The number of aliphatic imine (C=N–C) groups is 1. The number of halogens is 2. The molecule has 3 unspecified atom stereocenters. The van der Waals surface area contributed by atoms with Crippen LogP contribution in [-0.2, 0) is 10.2 Å². The predicted molar refractivity (Wildman–Crippen MR) is 103 cm³/mol. The van der Waals surface area contributed by atoms with Crippen molar-refractivity contribution in [3.8, 4) is 0 Å². The highest BCUT2D eigenvalue weighted by atomic mass is 79.9. The summed E-state index contributed by atoms with van der Waals surface area (Å²) in [6, 6.07) is 14.7. The average Bonchev–Trinajstić information content (AvgIpc) is 2.94. The van der Waals surface area contributed by atoms with Gasteiger partial charge in [0.25, 0.3) is 0 Å². The smallest absolute Gasteiger partial charge is 0.0724 e. The van der Waals surface area contributed by atoms with Gasteiger partial charge in [0.2, 0.25) is 0 Å². The van der Waals surface area contributed by atoms with Crippen LogP contribution in [-0.4, -0.2) is 19.4 Å². The predicted octanol–water partition coefficient (Wildman–Crippen LogP) is 6.04. The number of hydrogen-bond donors (Lipinski definition) is 0. The number of nitrogens with zero attached hydrogens (tertiary/aromatic N) is 1. The molecule has 24 heavy (non-hydrogen) atoms. The van der Waals surface area contributed by atoms with Gasteiger partial charge in [0.15, 0.2) is 0 Å². The van der Waals surface area contributed by atoms with E-state index < -0.39 is 0 Å². The SMILES string of the molecule is COC1CCCC(c2cccc(Br)c2)C12C=Nc1cc(Cl)ccc12. The molecule has 1 aliphatic carbocycles. The van der Waals surface area contributed by atoms with E-state index in [9.17, 15) is 0 Å². The number of methoxy groups -OCH3 is 1. The first kappa shape index (κ1) is 16.3. The van der Waals surface area contributed by atoms with Gasteiger partial charge in [-0.15, -0.1) is 0 Å². The molecule has 2 nitrogen and oxygen atoms in total. The van der Waals surface area contributed by atoms with Crippen LogP contribution in [0.5, 0.6) is 0 Å². The Morgan fingerprint density at radius 1 is 1.21 bits per heavy atom. The van der Waals surface area contributed by atoms with Crippen LogP contribution in [0.3, 0.4) is 0 Å². The summed E-state index contributed by atoms with van der Waals surface area (Å²) < 4.78 is 7.07. The first-order chi connectivity index (χ1) is 11.6. The van der Waals surface area contributed by atoms with E-state index >= 15 is 0 Å². The maximum Gasteiger partial charge on any atom is 0.0724 e. The van der Waals surface area contributed by atoms with Crippen LogP contribution < -0.4 is 0 Å². The molecule has 3 atom stereocenters. The van der Waals surface area contributed by atoms with Gasteiger partial charge in [-0.3, -0.25) is 4.99 Å². The molecule has 124 valence electrons. The lowest BCUT2D eigenvalue weighted by atomic mass is 9.60. The minimum absolute atomic E-state index is 0.126. The van der Waals surface area contributed by atoms with Crippen molar-refractivity contribution in [1.82, 2.24) is 0 Å². The third-order valence-electron chi connectivity index (χ3n) is 5.45. The lowest BCUT2D eigenvalue weighted by Gasteiger charge is -2.46. The first-order valence-corrected chi connectivity index (χ1v) is 9.46. The molecule has 2 aromatic rings. The van der Waals surface area contributed by atoms with E-state index in [2.05, 4.69) is 52.5 Å². The van der Waals surface area contributed by atoms with Crippen molar-refractivity contribution in [2.75, 3.05) is 7.11 Å². The number of ether oxygens (including phenoxy) is 1. The molecule has 0 N–H and O–H groups in total. The fourth-order valence-electron chi connectivity index (χ4n) is 4.45. The van der Waals surface area contributed by atoms with Crippen molar-refractivity contribution < 1.29 is 4.74 Å². The van der Waals surface area contributed by atoms with Crippen LogP contribution in [0.2, 0.25) is 5.02 Å². The first-order valence-electron chi connectivity index (χ1n) is 8.28. The average molecular weight is 405 g/mol. The Morgan fingerprint density at radius 2 is 2.08 bits per heavy atom. The van der Waals surface area contributed by atoms with Crippen LogP contribution >= 0.6 is 27.5 Å². The minimum Gasteiger partial charge on any atom is -0.380 e. The molecule has 4 rings (SSSR count). The minimum atomic E-state index is -0.215. The summed E-state index contributed by atoms with van der Waals surface area (Å²) in [6.45, 7) is 0. The van der Waals surface area contributed by atoms with Crippen molar-refractivity contribution in [1.29, 1.82) is 0 Å². The molecule has 1 heterocycles. The Labute approximate surface area is 156 Å². The lowest BCUT2D eigenvalue weighted by Crippen LogP contribution is -2.48. The fourth-order valence-corrected chi connectivity index (χ4v) is 5.03. The quantitative estimate of drug-likeness (QED) is 0.598. The normalized spacial score (nSPS) is 28.3. The largest absolute Gasteiger partial charge is 0.380 e. The molecular formula is C20H19BrClNO. The van der Waals surface area contributed by atoms with E-state index in [0.29, 0.717) is 5.92 Å². The van der Waals surface area contributed by atoms with Crippen LogP contribution in [0.25, 0.3) is 0 Å². The number of benzene rings is 2. The van der Waals surface area contributed by atoms with E-state index in [0.717, 1.165) is 34.4 Å². The highest BCUT2D eigenvalue weighted by Crippen LogP contribution is 2.54. The molecule has 0 radical (unpaired) electrons. The molecule has 2 aliphatic rings. The second kappa shape index (κ2) is 6.29. The van der Waals surface area contributed by atoms with Crippen molar-refractivity contribution in [3.63, 3.8) is 0 Å². The van der Waals surface area contributed by atoms with Crippen molar-refractivity contribution in [2.45, 2.75) is 36.7 Å². The van der Waals surface area contributed by atoms with Crippen molar-refractivity contribution in [3.05, 3.63) is 63.1 Å². The standard InChI is InChI=1S/C20H19BrClNO/c1-24-19-7-3-6-16(13-4-2-5-14(21)10-13)20(19)12-23-18-11-15(22)8-9-17(18)20/h2,4-5,8-12,16,19H,3,6-7H2,1H3. The van der Waals surface area contributed by atoms with Crippen LogP contribution in [0.15, 0.2) is 51.9 Å². The molecule has 4 heteroatoms. The Kier molecular flexibility index (Phi) is 4.27. The molecule has 0 saturated heterocycles. The number of rotatable bonds is 2. The van der Waals surface area contributed by atoms with E-state index in [1.54, 1.807) is 0 Å². The van der Waals surface area contributed by atoms with Gasteiger partial charge in [-0.2, -0.15) is 0 Å². The topological polar surface area (TPSA) is 21.6 Å².